The summed E-state index contributed by atoms with van der Waals surface area (Å²) in [6, 6.07) is 0. The smallest absolute Gasteiger partial charge is 0.0602 e. The maximum Gasteiger partial charge on any atom is 0.0602 e. The SMILES string of the molecule is CC(CC[C@@H](O)CCO)[C@H]1CC[C@H]2[C@@H]3[C@H](O)CC4C[C@H](O)CCC4(C)[C@H]3C[C@H](O)C12C. The average Bonchev–Trinajstić information content (AvgIpc) is 3.07. The largest absolute Gasteiger partial charge is 0.396 e. The van der Waals surface area contributed by atoms with Gasteiger partial charge in [-0.1, -0.05) is 20.8 Å². The highest BCUT2D eigenvalue weighted by Crippen LogP contribution is 2.68. The van der Waals surface area contributed by atoms with Crippen LogP contribution in [0.5, 0.6) is 0 Å². The molecule has 4 aliphatic rings. The highest BCUT2D eigenvalue weighted by molar-refractivity contribution is 5.14. The Labute approximate surface area is 188 Å². The van der Waals surface area contributed by atoms with E-state index in [4.69, 9.17) is 5.11 Å². The van der Waals surface area contributed by atoms with E-state index in [2.05, 4.69) is 20.8 Å². The maximum absolute atomic E-state index is 11.6. The van der Waals surface area contributed by atoms with Crippen LogP contribution in [0.2, 0.25) is 0 Å². The van der Waals surface area contributed by atoms with Gasteiger partial charge in [-0.3, -0.25) is 0 Å². The summed E-state index contributed by atoms with van der Waals surface area (Å²) in [5, 5.41) is 52.3. The van der Waals surface area contributed by atoms with Crippen LogP contribution < -0.4 is 0 Å². The minimum Gasteiger partial charge on any atom is -0.396 e. The van der Waals surface area contributed by atoms with Gasteiger partial charge >= 0.3 is 0 Å². The molecule has 0 heterocycles. The molecule has 0 bridgehead atoms. The quantitative estimate of drug-likeness (QED) is 0.439. The molecule has 0 aliphatic heterocycles. The normalized spacial score (nSPS) is 51.5. The standard InChI is InChI=1S/C26H46O5/c1-15(4-5-17(28)9-11-27)19-6-7-20-24-21(14-23(31)26(19,20)3)25(2)10-8-18(29)12-16(25)13-22(24)30/h15-24,27-31H,4-14H2,1-3H3/t15?,16?,17-,18-,19-,20+,21+,22-,23+,24+,25?,26?/m1/s1. The van der Waals surface area contributed by atoms with Crippen LogP contribution in [0.3, 0.4) is 0 Å². The third-order valence-corrected chi connectivity index (χ3v) is 10.9. The van der Waals surface area contributed by atoms with Crippen LogP contribution in [0.15, 0.2) is 0 Å². The Morgan fingerprint density at radius 3 is 2.35 bits per heavy atom. The molecule has 0 aromatic carbocycles. The molecule has 4 aliphatic carbocycles. The lowest BCUT2D eigenvalue weighted by atomic mass is 9.43. The summed E-state index contributed by atoms with van der Waals surface area (Å²) in [5.41, 5.74) is -0.0651. The van der Waals surface area contributed by atoms with Crippen molar-refractivity contribution in [3.8, 4) is 0 Å². The van der Waals surface area contributed by atoms with Gasteiger partial charge in [0.2, 0.25) is 0 Å². The van der Waals surface area contributed by atoms with Crippen LogP contribution in [-0.4, -0.2) is 56.6 Å². The molecule has 4 rings (SSSR count). The summed E-state index contributed by atoms with van der Waals surface area (Å²) in [4.78, 5) is 0. The predicted octanol–water partition coefficient (Wildman–Crippen LogP) is 3.11. The van der Waals surface area contributed by atoms with Gasteiger partial charge in [0.05, 0.1) is 24.4 Å². The number of hydrogen-bond donors (Lipinski definition) is 5. The molecule has 4 unspecified atom stereocenters. The molecule has 4 fully saturated rings. The second kappa shape index (κ2) is 8.87. The van der Waals surface area contributed by atoms with Crippen molar-refractivity contribution in [2.75, 3.05) is 6.61 Å². The van der Waals surface area contributed by atoms with E-state index in [1.165, 1.54) is 0 Å². The molecule has 5 N–H and O–H groups in total. The first kappa shape index (κ1) is 23.9. The molecule has 0 aromatic rings. The minimum absolute atomic E-state index is 0.0230. The van der Waals surface area contributed by atoms with Crippen LogP contribution in [0, 0.1) is 46.3 Å². The molecule has 0 saturated heterocycles. The van der Waals surface area contributed by atoms with Crippen molar-refractivity contribution in [3.05, 3.63) is 0 Å². The van der Waals surface area contributed by atoms with Gasteiger partial charge in [0.1, 0.15) is 0 Å². The zero-order valence-electron chi connectivity index (χ0n) is 19.8. The summed E-state index contributed by atoms with van der Waals surface area (Å²) in [5.74, 6) is 2.09. The second-order valence-corrected chi connectivity index (χ2v) is 12.2. The van der Waals surface area contributed by atoms with E-state index in [1.807, 2.05) is 0 Å². The number of aliphatic hydroxyl groups excluding tert-OH is 5. The van der Waals surface area contributed by atoms with Crippen molar-refractivity contribution in [1.82, 2.24) is 0 Å². The topological polar surface area (TPSA) is 101 Å². The van der Waals surface area contributed by atoms with Crippen molar-refractivity contribution in [2.24, 2.45) is 46.3 Å². The third kappa shape index (κ3) is 3.90. The first-order chi connectivity index (χ1) is 14.6. The molecule has 180 valence electrons. The number of rotatable bonds is 6. The molecule has 0 amide bonds. The summed E-state index contributed by atoms with van der Waals surface area (Å²) >= 11 is 0. The van der Waals surface area contributed by atoms with Crippen molar-refractivity contribution < 1.29 is 25.5 Å². The fraction of sp³-hybridized carbons (Fsp3) is 1.00. The molecular weight excluding hydrogens is 392 g/mol. The van der Waals surface area contributed by atoms with E-state index in [9.17, 15) is 20.4 Å². The predicted molar refractivity (Wildman–Crippen MR) is 120 cm³/mol. The molecular formula is C26H46O5. The van der Waals surface area contributed by atoms with Gasteiger partial charge in [-0.2, -0.15) is 0 Å². The van der Waals surface area contributed by atoms with Crippen molar-refractivity contribution in [3.63, 3.8) is 0 Å². The number of hydrogen-bond acceptors (Lipinski definition) is 5. The van der Waals surface area contributed by atoms with Crippen LogP contribution in [-0.2, 0) is 0 Å². The Bertz CT molecular complexity index is 627. The molecule has 0 spiro atoms. The van der Waals surface area contributed by atoms with E-state index in [-0.39, 0.29) is 41.7 Å². The van der Waals surface area contributed by atoms with E-state index < -0.39 is 6.10 Å². The molecule has 5 nitrogen and oxygen atoms in total. The van der Waals surface area contributed by atoms with Crippen LogP contribution in [0.1, 0.15) is 85.0 Å². The van der Waals surface area contributed by atoms with E-state index in [0.29, 0.717) is 42.4 Å². The molecule has 31 heavy (non-hydrogen) atoms. The van der Waals surface area contributed by atoms with E-state index >= 15 is 0 Å². The number of aliphatic hydroxyl groups is 5. The molecule has 0 aromatic heterocycles. The molecule has 4 saturated carbocycles. The summed E-state index contributed by atoms with van der Waals surface area (Å²) in [7, 11) is 0. The monoisotopic (exact) mass is 438 g/mol. The first-order valence-corrected chi connectivity index (χ1v) is 13.0. The zero-order chi connectivity index (χ0) is 22.6. The van der Waals surface area contributed by atoms with E-state index in [0.717, 1.165) is 51.4 Å². The van der Waals surface area contributed by atoms with Gasteiger partial charge in [-0.15, -0.1) is 0 Å². The Hall–Kier alpha value is -0.200. The van der Waals surface area contributed by atoms with Gasteiger partial charge in [0.15, 0.2) is 0 Å². The van der Waals surface area contributed by atoms with Gasteiger partial charge in [0.25, 0.3) is 0 Å². The summed E-state index contributed by atoms with van der Waals surface area (Å²) in [6.07, 6.45) is 7.06. The van der Waals surface area contributed by atoms with Crippen LogP contribution in [0.25, 0.3) is 0 Å². The zero-order valence-corrected chi connectivity index (χ0v) is 19.8. The van der Waals surface area contributed by atoms with E-state index in [1.54, 1.807) is 0 Å². The maximum atomic E-state index is 11.6. The molecule has 0 radical (unpaired) electrons. The van der Waals surface area contributed by atoms with Crippen LogP contribution in [0.4, 0.5) is 0 Å². The highest BCUT2D eigenvalue weighted by atomic mass is 16.3. The van der Waals surface area contributed by atoms with Crippen molar-refractivity contribution >= 4 is 0 Å². The van der Waals surface area contributed by atoms with Crippen molar-refractivity contribution in [2.45, 2.75) is 109 Å². The lowest BCUT2D eigenvalue weighted by molar-refractivity contribution is -0.207. The molecule has 5 heteroatoms. The first-order valence-electron chi connectivity index (χ1n) is 13.0. The minimum atomic E-state index is -0.447. The summed E-state index contributed by atoms with van der Waals surface area (Å²) in [6.45, 7) is 6.94. The second-order valence-electron chi connectivity index (χ2n) is 12.2. The van der Waals surface area contributed by atoms with Crippen LogP contribution >= 0.6 is 0 Å². The average molecular weight is 439 g/mol. The van der Waals surface area contributed by atoms with Crippen molar-refractivity contribution in [1.29, 1.82) is 0 Å². The van der Waals surface area contributed by atoms with Gasteiger partial charge in [-0.25, -0.2) is 0 Å². The Balaban J connectivity index is 1.54. The molecule has 12 atom stereocenters. The highest BCUT2D eigenvalue weighted by Gasteiger charge is 2.65. The van der Waals surface area contributed by atoms with Gasteiger partial charge in [-0.05, 0) is 111 Å². The van der Waals surface area contributed by atoms with Gasteiger partial charge < -0.3 is 25.5 Å². The Morgan fingerprint density at radius 2 is 1.65 bits per heavy atom. The fourth-order valence-electron chi connectivity index (χ4n) is 9.08. The van der Waals surface area contributed by atoms with Gasteiger partial charge in [0, 0.05) is 6.61 Å². The summed E-state index contributed by atoms with van der Waals surface area (Å²) < 4.78 is 0. The Morgan fingerprint density at radius 1 is 0.903 bits per heavy atom. The third-order valence-electron chi connectivity index (χ3n) is 10.9. The Kier molecular flexibility index (Phi) is 6.85. The fourth-order valence-corrected chi connectivity index (χ4v) is 9.08. The lowest BCUT2D eigenvalue weighted by Crippen LogP contribution is -2.62. The number of fused-ring (bicyclic) bond motifs is 5. The lowest BCUT2D eigenvalue weighted by Gasteiger charge is -2.63.